The number of hydrogen-bond acceptors (Lipinski definition) is 4. The maximum Gasteiger partial charge on any atom is 0.227 e. The quantitative estimate of drug-likeness (QED) is 0.801. The highest BCUT2D eigenvalue weighted by Gasteiger charge is 2.53. The number of benzene rings is 2. The van der Waals surface area contributed by atoms with E-state index < -0.39 is 6.04 Å². The van der Waals surface area contributed by atoms with Crippen LogP contribution in [0.15, 0.2) is 48.5 Å². The van der Waals surface area contributed by atoms with Gasteiger partial charge in [0.2, 0.25) is 5.91 Å². The predicted octanol–water partition coefficient (Wildman–Crippen LogP) is 3.07. The zero-order valence-corrected chi connectivity index (χ0v) is 16.9. The van der Waals surface area contributed by atoms with Gasteiger partial charge >= 0.3 is 0 Å². The first-order valence-electron chi connectivity index (χ1n) is 10.2. The Bertz CT molecular complexity index is 1020. The van der Waals surface area contributed by atoms with Crippen LogP contribution in [0.25, 0.3) is 0 Å². The lowest BCUT2D eigenvalue weighted by atomic mass is 9.73. The molecule has 1 amide bonds. The standard InChI is InChI=1S/C25H24N2O3/c1-30-21-7-2-4-18(14-21)9-8-17-10-12-19(13-11-17)24-22(15-26)27(23(24)16-28)25(29)20-5-3-6-20/h2,4,7,10-14,20,22-24,28H,3,5-6,16H2,1H3/t22-,23-,24+/m1/s1. The van der Waals surface area contributed by atoms with Crippen LogP contribution in [-0.4, -0.2) is 41.7 Å². The molecule has 1 saturated heterocycles. The van der Waals surface area contributed by atoms with Crippen LogP contribution < -0.4 is 4.74 Å². The van der Waals surface area contributed by atoms with Gasteiger partial charge in [0.25, 0.3) is 0 Å². The second-order valence-electron chi connectivity index (χ2n) is 7.83. The van der Waals surface area contributed by atoms with Gasteiger partial charge in [-0.05, 0) is 48.7 Å². The lowest BCUT2D eigenvalue weighted by Crippen LogP contribution is -2.66. The van der Waals surface area contributed by atoms with E-state index in [0.29, 0.717) is 0 Å². The number of hydrogen-bond donors (Lipinski definition) is 1. The minimum absolute atomic E-state index is 0.0175. The molecule has 152 valence electrons. The average molecular weight is 400 g/mol. The molecule has 3 atom stereocenters. The van der Waals surface area contributed by atoms with Crippen LogP contribution >= 0.6 is 0 Å². The van der Waals surface area contributed by atoms with E-state index in [1.807, 2.05) is 48.5 Å². The number of likely N-dealkylation sites (tertiary alicyclic amines) is 1. The van der Waals surface area contributed by atoms with Crippen molar-refractivity contribution in [3.63, 3.8) is 0 Å². The van der Waals surface area contributed by atoms with Gasteiger partial charge in [0.1, 0.15) is 11.8 Å². The van der Waals surface area contributed by atoms with Crippen molar-refractivity contribution in [2.45, 2.75) is 37.3 Å². The van der Waals surface area contributed by atoms with E-state index in [4.69, 9.17) is 4.74 Å². The molecule has 30 heavy (non-hydrogen) atoms. The van der Waals surface area contributed by atoms with Gasteiger partial charge in [-0.2, -0.15) is 5.26 Å². The number of ether oxygens (including phenoxy) is 1. The number of nitrogens with zero attached hydrogens (tertiary/aromatic N) is 2. The summed E-state index contributed by atoms with van der Waals surface area (Å²) in [6, 6.07) is 16.7. The Morgan fingerprint density at radius 2 is 1.90 bits per heavy atom. The topological polar surface area (TPSA) is 73.6 Å². The Balaban J connectivity index is 1.50. The molecule has 0 unspecified atom stereocenters. The van der Waals surface area contributed by atoms with Crippen LogP contribution in [0.1, 0.15) is 41.9 Å². The van der Waals surface area contributed by atoms with E-state index in [2.05, 4.69) is 17.9 Å². The monoisotopic (exact) mass is 400 g/mol. The summed E-state index contributed by atoms with van der Waals surface area (Å²) in [7, 11) is 1.63. The molecule has 0 spiro atoms. The van der Waals surface area contributed by atoms with Crippen molar-refractivity contribution in [2.75, 3.05) is 13.7 Å². The molecule has 1 saturated carbocycles. The van der Waals surface area contributed by atoms with Crippen LogP contribution in [0.2, 0.25) is 0 Å². The highest BCUT2D eigenvalue weighted by Crippen LogP contribution is 2.43. The van der Waals surface area contributed by atoms with Gasteiger partial charge in [-0.3, -0.25) is 4.79 Å². The third-order valence-electron chi connectivity index (χ3n) is 6.16. The molecular weight excluding hydrogens is 376 g/mol. The molecule has 1 heterocycles. The second-order valence-corrected chi connectivity index (χ2v) is 7.83. The minimum atomic E-state index is -0.524. The van der Waals surface area contributed by atoms with Gasteiger partial charge in [0, 0.05) is 23.0 Å². The first-order chi connectivity index (χ1) is 14.7. The Labute approximate surface area is 176 Å². The predicted molar refractivity (Wildman–Crippen MR) is 113 cm³/mol. The summed E-state index contributed by atoms with van der Waals surface area (Å²) < 4.78 is 5.22. The van der Waals surface area contributed by atoms with Crippen molar-refractivity contribution in [1.82, 2.24) is 4.90 Å². The highest BCUT2D eigenvalue weighted by atomic mass is 16.5. The second kappa shape index (κ2) is 8.61. The average Bonchev–Trinajstić information content (AvgIpc) is 2.72. The van der Waals surface area contributed by atoms with E-state index in [9.17, 15) is 15.2 Å². The summed E-state index contributed by atoms with van der Waals surface area (Å²) in [5.74, 6) is 6.89. The number of amides is 1. The fraction of sp³-hybridized carbons (Fsp3) is 0.360. The van der Waals surface area contributed by atoms with Crippen LogP contribution in [0.4, 0.5) is 0 Å². The third kappa shape index (κ3) is 3.65. The fourth-order valence-electron chi connectivity index (χ4n) is 4.21. The number of aliphatic hydroxyl groups excluding tert-OH is 1. The maximum atomic E-state index is 12.7. The Morgan fingerprint density at radius 1 is 1.17 bits per heavy atom. The molecule has 2 aromatic carbocycles. The summed E-state index contributed by atoms with van der Waals surface area (Å²) in [6.07, 6.45) is 2.83. The van der Waals surface area contributed by atoms with E-state index >= 15 is 0 Å². The van der Waals surface area contributed by atoms with Crippen molar-refractivity contribution in [3.8, 4) is 23.7 Å². The number of methoxy groups -OCH3 is 1. The zero-order valence-electron chi connectivity index (χ0n) is 16.9. The number of carbonyl (C=O) groups excluding carboxylic acids is 1. The molecule has 4 rings (SSSR count). The molecule has 5 heteroatoms. The van der Waals surface area contributed by atoms with Crippen molar-refractivity contribution in [2.24, 2.45) is 5.92 Å². The fourth-order valence-corrected chi connectivity index (χ4v) is 4.21. The van der Waals surface area contributed by atoms with Gasteiger partial charge in [0.05, 0.1) is 25.8 Å². The molecule has 2 fully saturated rings. The molecule has 0 aromatic heterocycles. The maximum absolute atomic E-state index is 12.7. The lowest BCUT2D eigenvalue weighted by molar-refractivity contribution is -0.154. The molecule has 1 aliphatic heterocycles. The summed E-state index contributed by atoms with van der Waals surface area (Å²) in [4.78, 5) is 14.3. The van der Waals surface area contributed by atoms with Gasteiger partial charge in [-0.1, -0.05) is 36.5 Å². The smallest absolute Gasteiger partial charge is 0.227 e. The van der Waals surface area contributed by atoms with Gasteiger partial charge in [-0.25, -0.2) is 0 Å². The van der Waals surface area contributed by atoms with Crippen LogP contribution in [-0.2, 0) is 4.79 Å². The summed E-state index contributed by atoms with van der Waals surface area (Å²) in [6.45, 7) is -0.140. The van der Waals surface area contributed by atoms with Crippen molar-refractivity contribution < 1.29 is 14.6 Å². The van der Waals surface area contributed by atoms with Gasteiger partial charge in [-0.15, -0.1) is 0 Å². The molecule has 2 aliphatic rings. The number of carbonyl (C=O) groups is 1. The molecule has 5 nitrogen and oxygen atoms in total. The first-order valence-corrected chi connectivity index (χ1v) is 10.2. The van der Waals surface area contributed by atoms with Crippen LogP contribution in [0.5, 0.6) is 5.75 Å². The Morgan fingerprint density at radius 3 is 2.50 bits per heavy atom. The van der Waals surface area contributed by atoms with E-state index in [0.717, 1.165) is 41.7 Å². The number of rotatable bonds is 4. The molecule has 0 bridgehead atoms. The lowest BCUT2D eigenvalue weighted by Gasteiger charge is -2.53. The number of aliphatic hydroxyl groups is 1. The first kappa shape index (κ1) is 20.0. The largest absolute Gasteiger partial charge is 0.497 e. The van der Waals surface area contributed by atoms with Crippen LogP contribution in [0.3, 0.4) is 0 Å². The van der Waals surface area contributed by atoms with E-state index in [-0.39, 0.29) is 30.4 Å². The van der Waals surface area contributed by atoms with E-state index in [1.165, 1.54) is 0 Å². The molecule has 0 radical (unpaired) electrons. The van der Waals surface area contributed by atoms with E-state index in [1.54, 1.807) is 12.0 Å². The van der Waals surface area contributed by atoms with Crippen LogP contribution in [0, 0.1) is 29.1 Å². The minimum Gasteiger partial charge on any atom is -0.497 e. The van der Waals surface area contributed by atoms with Gasteiger partial charge < -0.3 is 14.7 Å². The van der Waals surface area contributed by atoms with Gasteiger partial charge in [0.15, 0.2) is 0 Å². The highest BCUT2D eigenvalue weighted by molar-refractivity contribution is 5.82. The van der Waals surface area contributed by atoms with Crippen molar-refractivity contribution >= 4 is 5.91 Å². The summed E-state index contributed by atoms with van der Waals surface area (Å²) in [5.41, 5.74) is 2.68. The molecule has 1 aliphatic carbocycles. The number of nitriles is 1. The molecule has 1 N–H and O–H groups in total. The van der Waals surface area contributed by atoms with Crippen molar-refractivity contribution in [3.05, 3.63) is 65.2 Å². The van der Waals surface area contributed by atoms with Crippen molar-refractivity contribution in [1.29, 1.82) is 5.26 Å². The zero-order chi connectivity index (χ0) is 21.1. The SMILES string of the molecule is COc1cccc(C#Cc2ccc([C@H]3[C@@H](C#N)N(C(=O)C4CCC4)[C@@H]3CO)cc2)c1. The third-order valence-corrected chi connectivity index (χ3v) is 6.16. The molecular formula is C25H24N2O3. The normalized spacial score (nSPS) is 22.7. The Hall–Kier alpha value is -3.28. The summed E-state index contributed by atoms with van der Waals surface area (Å²) >= 11 is 0. The Kier molecular flexibility index (Phi) is 5.74. The summed E-state index contributed by atoms with van der Waals surface area (Å²) in [5, 5.41) is 19.6. The molecule has 2 aromatic rings.